The highest BCUT2D eigenvalue weighted by atomic mass is 32.1. The van der Waals surface area contributed by atoms with Crippen LogP contribution in [-0.4, -0.2) is 17.8 Å². The van der Waals surface area contributed by atoms with Gasteiger partial charge in [-0.25, -0.2) is 0 Å². The summed E-state index contributed by atoms with van der Waals surface area (Å²) in [5.74, 6) is -0.114. The van der Waals surface area contributed by atoms with Gasteiger partial charge in [0, 0.05) is 5.75 Å². The number of hydrogen-bond acceptors (Lipinski definition) is 4. The monoisotopic (exact) mass is 211 g/mol. The molecule has 1 aromatic rings. The minimum Gasteiger partial charge on any atom is -0.460 e. The van der Waals surface area contributed by atoms with Crippen LogP contribution >= 0.6 is 12.6 Å². The normalized spacial score (nSPS) is 12.1. The molecule has 0 bridgehead atoms. The van der Waals surface area contributed by atoms with Crippen LogP contribution in [0.4, 0.5) is 0 Å². The van der Waals surface area contributed by atoms with E-state index in [2.05, 4.69) is 12.6 Å². The highest BCUT2D eigenvalue weighted by molar-refractivity contribution is 7.80. The van der Waals surface area contributed by atoms with E-state index in [9.17, 15) is 4.79 Å². The van der Waals surface area contributed by atoms with E-state index in [4.69, 9.17) is 10.5 Å². The maximum atomic E-state index is 11.2. The third-order valence-corrected chi connectivity index (χ3v) is 2.12. The standard InChI is InChI=1S/C10H13NO2S/c11-9(7-14)10(12)13-6-8-4-2-1-3-5-8/h1-5,9,14H,6-7,11H2. The van der Waals surface area contributed by atoms with Crippen molar-refractivity contribution in [2.75, 3.05) is 5.75 Å². The van der Waals surface area contributed by atoms with Gasteiger partial charge in [-0.1, -0.05) is 30.3 Å². The Bertz CT molecular complexity index is 289. The lowest BCUT2D eigenvalue weighted by molar-refractivity contribution is -0.145. The summed E-state index contributed by atoms with van der Waals surface area (Å²) in [7, 11) is 0. The average molecular weight is 211 g/mol. The van der Waals surface area contributed by atoms with Crippen molar-refractivity contribution in [3.8, 4) is 0 Å². The number of rotatable bonds is 4. The Kier molecular flexibility index (Phi) is 4.49. The van der Waals surface area contributed by atoms with Crippen LogP contribution in [0.3, 0.4) is 0 Å². The molecule has 76 valence electrons. The average Bonchev–Trinajstić information content (AvgIpc) is 2.26. The van der Waals surface area contributed by atoms with E-state index in [0.29, 0.717) is 5.75 Å². The Morgan fingerprint density at radius 2 is 2.07 bits per heavy atom. The van der Waals surface area contributed by atoms with Crippen LogP contribution in [0.5, 0.6) is 0 Å². The van der Waals surface area contributed by atoms with E-state index < -0.39 is 12.0 Å². The molecule has 1 rings (SSSR count). The van der Waals surface area contributed by atoms with E-state index in [1.807, 2.05) is 30.3 Å². The van der Waals surface area contributed by atoms with Crippen molar-refractivity contribution in [2.24, 2.45) is 5.73 Å². The maximum Gasteiger partial charge on any atom is 0.324 e. The number of hydrogen-bond donors (Lipinski definition) is 2. The molecule has 4 heteroatoms. The summed E-state index contributed by atoms with van der Waals surface area (Å²) >= 11 is 3.91. The Labute approximate surface area is 88.7 Å². The summed E-state index contributed by atoms with van der Waals surface area (Å²) in [5, 5.41) is 0. The fraction of sp³-hybridized carbons (Fsp3) is 0.300. The van der Waals surface area contributed by atoms with E-state index in [-0.39, 0.29) is 6.61 Å². The third-order valence-electron chi connectivity index (χ3n) is 1.72. The first kappa shape index (κ1) is 11.1. The predicted molar refractivity (Wildman–Crippen MR) is 58.1 cm³/mol. The van der Waals surface area contributed by atoms with Gasteiger partial charge in [-0.05, 0) is 5.56 Å². The summed E-state index contributed by atoms with van der Waals surface area (Å²) in [6.07, 6.45) is 0. The highest BCUT2D eigenvalue weighted by Gasteiger charge is 2.12. The molecule has 0 saturated heterocycles. The van der Waals surface area contributed by atoms with Gasteiger partial charge >= 0.3 is 5.97 Å². The molecular formula is C10H13NO2S. The number of esters is 1. The lowest BCUT2D eigenvalue weighted by Crippen LogP contribution is -2.33. The molecule has 14 heavy (non-hydrogen) atoms. The lowest BCUT2D eigenvalue weighted by atomic mass is 10.2. The van der Waals surface area contributed by atoms with Crippen molar-refractivity contribution < 1.29 is 9.53 Å². The summed E-state index contributed by atoms with van der Waals surface area (Å²) in [6.45, 7) is 0.265. The highest BCUT2D eigenvalue weighted by Crippen LogP contribution is 2.01. The molecule has 1 unspecified atom stereocenters. The van der Waals surface area contributed by atoms with E-state index >= 15 is 0 Å². The largest absolute Gasteiger partial charge is 0.460 e. The zero-order valence-electron chi connectivity index (χ0n) is 7.72. The number of carbonyl (C=O) groups is 1. The van der Waals surface area contributed by atoms with Crippen molar-refractivity contribution in [1.29, 1.82) is 0 Å². The van der Waals surface area contributed by atoms with Crippen LogP contribution in [0.15, 0.2) is 30.3 Å². The van der Waals surface area contributed by atoms with Gasteiger partial charge in [-0.3, -0.25) is 4.79 Å². The minimum atomic E-state index is -0.637. The number of thiol groups is 1. The van der Waals surface area contributed by atoms with Gasteiger partial charge in [0.1, 0.15) is 12.6 Å². The van der Waals surface area contributed by atoms with E-state index in [1.54, 1.807) is 0 Å². The predicted octanol–water partition coefficient (Wildman–Crippen LogP) is 0.987. The molecule has 0 fully saturated rings. The lowest BCUT2D eigenvalue weighted by Gasteiger charge is -2.08. The van der Waals surface area contributed by atoms with Gasteiger partial charge < -0.3 is 10.5 Å². The van der Waals surface area contributed by atoms with Crippen molar-refractivity contribution in [3.05, 3.63) is 35.9 Å². The van der Waals surface area contributed by atoms with Crippen molar-refractivity contribution >= 4 is 18.6 Å². The second-order valence-corrected chi connectivity index (χ2v) is 3.25. The first-order valence-corrected chi connectivity index (χ1v) is 4.94. The molecule has 0 saturated carbocycles. The zero-order chi connectivity index (χ0) is 10.4. The summed E-state index contributed by atoms with van der Waals surface area (Å²) in [6, 6.07) is 8.83. The number of benzene rings is 1. The molecular weight excluding hydrogens is 198 g/mol. The molecule has 0 spiro atoms. The van der Waals surface area contributed by atoms with E-state index in [0.717, 1.165) is 5.56 Å². The van der Waals surface area contributed by atoms with Crippen LogP contribution in [0, 0.1) is 0 Å². The second kappa shape index (κ2) is 5.67. The molecule has 3 nitrogen and oxygen atoms in total. The van der Waals surface area contributed by atoms with Crippen LogP contribution in [-0.2, 0) is 16.1 Å². The fourth-order valence-electron chi connectivity index (χ4n) is 0.910. The van der Waals surface area contributed by atoms with Crippen molar-refractivity contribution in [3.63, 3.8) is 0 Å². The molecule has 0 aliphatic carbocycles. The molecule has 0 aromatic heterocycles. The van der Waals surface area contributed by atoms with Gasteiger partial charge in [-0.15, -0.1) is 0 Å². The van der Waals surface area contributed by atoms with Gasteiger partial charge in [0.25, 0.3) is 0 Å². The number of nitrogens with two attached hydrogens (primary N) is 1. The third kappa shape index (κ3) is 3.40. The number of ether oxygens (including phenoxy) is 1. The van der Waals surface area contributed by atoms with Gasteiger partial charge in [0.2, 0.25) is 0 Å². The summed E-state index contributed by atoms with van der Waals surface area (Å²) in [5.41, 5.74) is 6.38. The van der Waals surface area contributed by atoms with Gasteiger partial charge in [0.15, 0.2) is 0 Å². The molecule has 1 aromatic carbocycles. The molecule has 0 aliphatic rings. The van der Waals surface area contributed by atoms with Crippen LogP contribution in [0.1, 0.15) is 5.56 Å². The minimum absolute atomic E-state index is 0.265. The van der Waals surface area contributed by atoms with Crippen LogP contribution in [0.25, 0.3) is 0 Å². The quantitative estimate of drug-likeness (QED) is 0.577. The van der Waals surface area contributed by atoms with E-state index in [1.165, 1.54) is 0 Å². The Morgan fingerprint density at radius 3 is 2.64 bits per heavy atom. The second-order valence-electron chi connectivity index (χ2n) is 2.88. The van der Waals surface area contributed by atoms with Gasteiger partial charge in [0.05, 0.1) is 0 Å². The summed E-state index contributed by atoms with van der Waals surface area (Å²) < 4.78 is 4.97. The van der Waals surface area contributed by atoms with Gasteiger partial charge in [-0.2, -0.15) is 12.6 Å². The Balaban J connectivity index is 2.38. The Hall–Kier alpha value is -1.00. The fourth-order valence-corrected chi connectivity index (χ4v) is 1.06. The Morgan fingerprint density at radius 1 is 1.43 bits per heavy atom. The molecule has 1 atom stereocenters. The number of carbonyl (C=O) groups excluding carboxylic acids is 1. The molecule has 0 heterocycles. The maximum absolute atomic E-state index is 11.2. The molecule has 2 N–H and O–H groups in total. The van der Waals surface area contributed by atoms with Crippen LogP contribution < -0.4 is 5.73 Å². The zero-order valence-corrected chi connectivity index (χ0v) is 8.61. The van der Waals surface area contributed by atoms with Crippen LogP contribution in [0.2, 0.25) is 0 Å². The molecule has 0 amide bonds. The first-order valence-electron chi connectivity index (χ1n) is 4.31. The summed E-state index contributed by atoms with van der Waals surface area (Å²) in [4.78, 5) is 11.2. The topological polar surface area (TPSA) is 52.3 Å². The first-order chi connectivity index (χ1) is 6.74. The molecule has 0 radical (unpaired) electrons. The SMILES string of the molecule is NC(CS)C(=O)OCc1ccccc1. The van der Waals surface area contributed by atoms with Crippen molar-refractivity contribution in [2.45, 2.75) is 12.6 Å². The molecule has 0 aliphatic heterocycles. The van der Waals surface area contributed by atoms with Crippen molar-refractivity contribution in [1.82, 2.24) is 0 Å². The smallest absolute Gasteiger partial charge is 0.324 e.